The van der Waals surface area contributed by atoms with Crippen molar-refractivity contribution in [2.24, 2.45) is 17.8 Å². The molecule has 1 aliphatic heterocycles. The van der Waals surface area contributed by atoms with Crippen molar-refractivity contribution in [2.75, 3.05) is 6.61 Å². The second-order valence-electron chi connectivity index (χ2n) is 11.4. The van der Waals surface area contributed by atoms with Gasteiger partial charge in [-0.15, -0.1) is 0 Å². The third kappa shape index (κ3) is 12.1. The number of hydrogen-bond donors (Lipinski definition) is 4. The first-order valence-corrected chi connectivity index (χ1v) is 12.9. The molecule has 0 aromatic heterocycles. The molecule has 37 heavy (non-hydrogen) atoms. The third-order valence-electron chi connectivity index (χ3n) is 5.93. The van der Waals surface area contributed by atoms with Gasteiger partial charge in [0.25, 0.3) is 0 Å². The summed E-state index contributed by atoms with van der Waals surface area (Å²) in [4.78, 5) is 63.3. The van der Waals surface area contributed by atoms with Gasteiger partial charge in [0.15, 0.2) is 5.78 Å². The standard InChI is InChI=1S/C26H46N4O6.CH4/c1-14(2)10-19(22(32)26(9)13-36-26)29-25(35)21(12-16(5)6)30-23(33)17(7)27-24(34)20(11-15(3)4)28-18(8)31;/h14-17,19-21H,10-13H2,1-9H3,(H,27,34)(H,28,31)(H,29,35)(H,30,33);1H4/t17-,19-,20-,21-,26+;/m0./s1. The highest BCUT2D eigenvalue weighted by Gasteiger charge is 2.50. The summed E-state index contributed by atoms with van der Waals surface area (Å²) in [6.45, 7) is 16.5. The smallest absolute Gasteiger partial charge is 0.243 e. The van der Waals surface area contributed by atoms with E-state index in [-0.39, 0.29) is 36.9 Å². The maximum absolute atomic E-state index is 13.2. The number of carbonyl (C=O) groups is 5. The van der Waals surface area contributed by atoms with Gasteiger partial charge in [-0.1, -0.05) is 49.0 Å². The lowest BCUT2D eigenvalue weighted by Gasteiger charge is -2.27. The molecule has 0 radical (unpaired) electrons. The molecule has 4 amide bonds. The fraction of sp³-hybridized carbons (Fsp3) is 0.815. The van der Waals surface area contributed by atoms with Gasteiger partial charge in [-0.05, 0) is 50.9 Å². The van der Waals surface area contributed by atoms with Crippen LogP contribution in [-0.2, 0) is 28.7 Å². The fourth-order valence-electron chi connectivity index (χ4n) is 3.92. The van der Waals surface area contributed by atoms with Crippen LogP contribution in [0.15, 0.2) is 0 Å². The predicted octanol–water partition coefficient (Wildman–Crippen LogP) is 2.10. The number of epoxide rings is 1. The molecule has 214 valence electrons. The number of nitrogens with one attached hydrogen (secondary N) is 4. The Morgan fingerprint density at radius 1 is 0.676 bits per heavy atom. The molecule has 5 atom stereocenters. The Morgan fingerprint density at radius 3 is 1.46 bits per heavy atom. The molecule has 0 unspecified atom stereocenters. The molecule has 0 aromatic carbocycles. The van der Waals surface area contributed by atoms with E-state index in [9.17, 15) is 24.0 Å². The van der Waals surface area contributed by atoms with Crippen molar-refractivity contribution < 1.29 is 28.7 Å². The summed E-state index contributed by atoms with van der Waals surface area (Å²) in [6.07, 6.45) is 1.24. The molecular weight excluding hydrogens is 476 g/mol. The average Bonchev–Trinajstić information content (AvgIpc) is 3.48. The maximum Gasteiger partial charge on any atom is 0.243 e. The van der Waals surface area contributed by atoms with Crippen LogP contribution in [0.25, 0.3) is 0 Å². The van der Waals surface area contributed by atoms with Gasteiger partial charge in [-0.3, -0.25) is 24.0 Å². The normalized spacial score (nSPS) is 19.8. The molecule has 1 fully saturated rings. The van der Waals surface area contributed by atoms with Crippen LogP contribution in [0, 0.1) is 17.8 Å². The van der Waals surface area contributed by atoms with Crippen LogP contribution in [-0.4, -0.2) is 65.8 Å². The molecule has 0 bridgehead atoms. The molecule has 0 saturated carbocycles. The number of amides is 4. The number of Topliss-reactive ketones (excluding diaryl/α,β-unsaturated/α-hetero) is 1. The summed E-state index contributed by atoms with van der Waals surface area (Å²) in [6, 6.07) is -3.30. The summed E-state index contributed by atoms with van der Waals surface area (Å²) < 4.78 is 5.29. The SMILES string of the molecule is C.CC(=O)N[C@@H](CC(C)C)C(=O)N[C@@H](C)C(=O)N[C@@H](CC(C)C)C(=O)N[C@@H](CC(C)C)C(=O)[C@@]1(C)CO1. The number of carbonyl (C=O) groups excluding carboxylic acids is 5. The molecule has 0 aliphatic carbocycles. The van der Waals surface area contributed by atoms with Crippen molar-refractivity contribution in [3.8, 4) is 0 Å². The van der Waals surface area contributed by atoms with Crippen molar-refractivity contribution in [2.45, 2.75) is 119 Å². The van der Waals surface area contributed by atoms with E-state index >= 15 is 0 Å². The van der Waals surface area contributed by atoms with Crippen LogP contribution in [0.1, 0.15) is 89.0 Å². The fourth-order valence-corrected chi connectivity index (χ4v) is 3.92. The summed E-state index contributed by atoms with van der Waals surface area (Å²) in [7, 11) is 0. The molecule has 10 nitrogen and oxygen atoms in total. The first-order valence-electron chi connectivity index (χ1n) is 12.9. The summed E-state index contributed by atoms with van der Waals surface area (Å²) in [5.41, 5.74) is -0.872. The molecule has 4 N–H and O–H groups in total. The van der Waals surface area contributed by atoms with Gasteiger partial charge in [0, 0.05) is 6.92 Å². The molecular formula is C27H50N4O6. The van der Waals surface area contributed by atoms with Crippen LogP contribution in [0.5, 0.6) is 0 Å². The molecule has 10 heteroatoms. The van der Waals surface area contributed by atoms with Crippen LogP contribution < -0.4 is 21.3 Å². The van der Waals surface area contributed by atoms with Gasteiger partial charge >= 0.3 is 0 Å². The second kappa shape index (κ2) is 15.1. The monoisotopic (exact) mass is 526 g/mol. The molecule has 1 heterocycles. The Balaban J connectivity index is 0.0000130. The minimum Gasteiger partial charge on any atom is -0.361 e. The number of rotatable bonds is 15. The lowest BCUT2D eigenvalue weighted by Crippen LogP contribution is -2.57. The maximum atomic E-state index is 13.2. The Bertz CT molecular complexity index is 807. The van der Waals surface area contributed by atoms with E-state index in [1.54, 1.807) is 6.92 Å². The molecule has 0 aromatic rings. The van der Waals surface area contributed by atoms with Crippen molar-refractivity contribution in [3.63, 3.8) is 0 Å². The minimum absolute atomic E-state index is 0. The molecule has 1 aliphatic rings. The number of ketones is 1. The largest absolute Gasteiger partial charge is 0.361 e. The zero-order chi connectivity index (χ0) is 27.8. The molecule has 1 saturated heterocycles. The number of ether oxygens (including phenoxy) is 1. The van der Waals surface area contributed by atoms with E-state index in [0.29, 0.717) is 25.9 Å². The first-order chi connectivity index (χ1) is 16.6. The van der Waals surface area contributed by atoms with Crippen molar-refractivity contribution in [1.29, 1.82) is 0 Å². The number of hydrogen-bond acceptors (Lipinski definition) is 6. The molecule has 0 spiro atoms. The Kier molecular flexibility index (Phi) is 14.0. The van der Waals surface area contributed by atoms with Gasteiger partial charge in [0.2, 0.25) is 23.6 Å². The highest BCUT2D eigenvalue weighted by molar-refractivity contribution is 5.98. The van der Waals surface area contributed by atoms with Gasteiger partial charge in [-0.25, -0.2) is 0 Å². The topological polar surface area (TPSA) is 146 Å². The third-order valence-corrected chi connectivity index (χ3v) is 5.93. The summed E-state index contributed by atoms with van der Waals surface area (Å²) in [5, 5.41) is 10.8. The van der Waals surface area contributed by atoms with Gasteiger partial charge < -0.3 is 26.0 Å². The Labute approximate surface area is 222 Å². The average molecular weight is 527 g/mol. The van der Waals surface area contributed by atoms with Gasteiger partial charge in [0.1, 0.15) is 23.7 Å². The Hall–Kier alpha value is -2.49. The quantitative estimate of drug-likeness (QED) is 0.240. The summed E-state index contributed by atoms with van der Waals surface area (Å²) in [5.74, 6) is -1.55. The van der Waals surface area contributed by atoms with E-state index in [0.717, 1.165) is 0 Å². The van der Waals surface area contributed by atoms with E-state index < -0.39 is 47.5 Å². The van der Waals surface area contributed by atoms with Gasteiger partial charge in [0.05, 0.1) is 12.6 Å². The lowest BCUT2D eigenvalue weighted by molar-refractivity contribution is -0.135. The van der Waals surface area contributed by atoms with Crippen LogP contribution in [0.2, 0.25) is 0 Å². The minimum atomic E-state index is -0.935. The summed E-state index contributed by atoms with van der Waals surface area (Å²) >= 11 is 0. The van der Waals surface area contributed by atoms with Crippen molar-refractivity contribution in [1.82, 2.24) is 21.3 Å². The predicted molar refractivity (Wildman–Crippen MR) is 144 cm³/mol. The van der Waals surface area contributed by atoms with E-state index in [4.69, 9.17) is 4.74 Å². The second-order valence-corrected chi connectivity index (χ2v) is 11.4. The molecule has 1 rings (SSSR count). The zero-order valence-corrected chi connectivity index (χ0v) is 23.3. The Morgan fingerprint density at radius 2 is 1.05 bits per heavy atom. The van der Waals surface area contributed by atoms with E-state index in [2.05, 4.69) is 21.3 Å². The zero-order valence-electron chi connectivity index (χ0n) is 23.3. The van der Waals surface area contributed by atoms with Crippen molar-refractivity contribution >= 4 is 29.4 Å². The highest BCUT2D eigenvalue weighted by atomic mass is 16.6. The van der Waals surface area contributed by atoms with Crippen LogP contribution in [0.3, 0.4) is 0 Å². The van der Waals surface area contributed by atoms with Crippen LogP contribution in [0.4, 0.5) is 0 Å². The highest BCUT2D eigenvalue weighted by Crippen LogP contribution is 2.29. The van der Waals surface area contributed by atoms with Gasteiger partial charge in [-0.2, -0.15) is 0 Å². The van der Waals surface area contributed by atoms with Crippen molar-refractivity contribution in [3.05, 3.63) is 0 Å². The van der Waals surface area contributed by atoms with Crippen LogP contribution >= 0.6 is 0 Å². The van der Waals surface area contributed by atoms with E-state index in [1.165, 1.54) is 13.8 Å². The lowest BCUT2D eigenvalue weighted by atomic mass is 9.92. The first kappa shape index (κ1) is 34.5. The van der Waals surface area contributed by atoms with E-state index in [1.807, 2.05) is 41.5 Å².